The number of likely N-dealkylation sites (tertiary alicyclic amines) is 1. The molecule has 0 aliphatic carbocycles. The summed E-state index contributed by atoms with van der Waals surface area (Å²) >= 11 is 0. The van der Waals surface area contributed by atoms with Crippen molar-refractivity contribution in [2.75, 3.05) is 19.4 Å². The van der Waals surface area contributed by atoms with Crippen LogP contribution in [0, 0.1) is 5.92 Å². The molecule has 1 aliphatic rings. The molecule has 19 heavy (non-hydrogen) atoms. The summed E-state index contributed by atoms with van der Waals surface area (Å²) in [5.41, 5.74) is 6.98. The molecule has 4 heteroatoms. The van der Waals surface area contributed by atoms with Crippen LogP contribution in [-0.4, -0.2) is 30.5 Å². The zero-order chi connectivity index (χ0) is 14.0. The van der Waals surface area contributed by atoms with Gasteiger partial charge in [-0.3, -0.25) is 4.79 Å². The Bertz CT molecular complexity index is 473. The maximum Gasteiger partial charge on any atom is 0.256 e. The molecule has 0 saturated carbocycles. The number of hydrogen-bond donors (Lipinski definition) is 1. The van der Waals surface area contributed by atoms with E-state index >= 15 is 0 Å². The lowest BCUT2D eigenvalue weighted by Gasteiger charge is -2.36. The maximum absolute atomic E-state index is 12.6. The van der Waals surface area contributed by atoms with Crippen molar-refractivity contribution in [1.82, 2.24) is 4.90 Å². The van der Waals surface area contributed by atoms with Gasteiger partial charge in [0.25, 0.3) is 5.91 Å². The van der Waals surface area contributed by atoms with Crippen LogP contribution in [0.15, 0.2) is 18.2 Å². The van der Waals surface area contributed by atoms with Crippen molar-refractivity contribution in [2.24, 2.45) is 5.92 Å². The Morgan fingerprint density at radius 3 is 2.79 bits per heavy atom. The number of nitrogen functional groups attached to an aromatic ring is 1. The monoisotopic (exact) mass is 262 g/mol. The summed E-state index contributed by atoms with van der Waals surface area (Å²) < 4.78 is 5.17. The average Bonchev–Trinajstić information content (AvgIpc) is 2.38. The van der Waals surface area contributed by atoms with Crippen LogP contribution in [0.1, 0.15) is 37.0 Å². The first-order valence-corrected chi connectivity index (χ1v) is 6.78. The summed E-state index contributed by atoms with van der Waals surface area (Å²) in [6.07, 6.45) is 2.11. The first-order chi connectivity index (χ1) is 9.04. The van der Waals surface area contributed by atoms with E-state index in [1.54, 1.807) is 25.3 Å². The molecular formula is C15H22N2O2. The average molecular weight is 262 g/mol. The van der Waals surface area contributed by atoms with E-state index in [2.05, 4.69) is 13.8 Å². The summed E-state index contributed by atoms with van der Waals surface area (Å²) in [5.74, 6) is 1.25. The van der Waals surface area contributed by atoms with Crippen molar-refractivity contribution in [1.29, 1.82) is 0 Å². The SMILES string of the molecule is COc1cccc(C(=O)N2CCC(C)CC2C)c1N. The van der Waals surface area contributed by atoms with Crippen molar-refractivity contribution >= 4 is 11.6 Å². The third-order valence-electron chi connectivity index (χ3n) is 3.92. The highest BCUT2D eigenvalue weighted by molar-refractivity contribution is 6.00. The molecule has 1 heterocycles. The molecule has 0 aromatic heterocycles. The molecule has 2 atom stereocenters. The normalized spacial score (nSPS) is 23.2. The number of piperidine rings is 1. The van der Waals surface area contributed by atoms with Gasteiger partial charge in [0.2, 0.25) is 0 Å². The summed E-state index contributed by atoms with van der Waals surface area (Å²) in [4.78, 5) is 14.5. The molecule has 1 aromatic rings. The van der Waals surface area contributed by atoms with Gasteiger partial charge in [-0.1, -0.05) is 13.0 Å². The van der Waals surface area contributed by atoms with Crippen LogP contribution in [0.2, 0.25) is 0 Å². The summed E-state index contributed by atoms with van der Waals surface area (Å²) in [5, 5.41) is 0. The van der Waals surface area contributed by atoms with E-state index in [1.807, 2.05) is 4.90 Å². The topological polar surface area (TPSA) is 55.6 Å². The standard InChI is InChI=1S/C15H22N2O2/c1-10-7-8-17(11(2)9-10)15(18)12-5-4-6-13(19-3)14(12)16/h4-6,10-11H,7-9,16H2,1-3H3. The zero-order valence-electron chi connectivity index (χ0n) is 11.8. The first-order valence-electron chi connectivity index (χ1n) is 6.78. The number of nitrogens with two attached hydrogens (primary N) is 1. The largest absolute Gasteiger partial charge is 0.495 e. The number of carbonyl (C=O) groups excluding carboxylic acids is 1. The Labute approximate surface area is 114 Å². The van der Waals surface area contributed by atoms with E-state index in [0.29, 0.717) is 22.9 Å². The minimum absolute atomic E-state index is 0.0100. The molecule has 0 bridgehead atoms. The quantitative estimate of drug-likeness (QED) is 0.833. The van der Waals surface area contributed by atoms with E-state index in [9.17, 15) is 4.79 Å². The second kappa shape index (κ2) is 5.51. The van der Waals surface area contributed by atoms with Gasteiger partial charge in [0.15, 0.2) is 0 Å². The van der Waals surface area contributed by atoms with Crippen LogP contribution in [0.3, 0.4) is 0 Å². The van der Waals surface area contributed by atoms with Crippen LogP contribution < -0.4 is 10.5 Å². The molecule has 0 radical (unpaired) electrons. The highest BCUT2D eigenvalue weighted by Gasteiger charge is 2.28. The fourth-order valence-corrected chi connectivity index (χ4v) is 2.77. The number of carbonyl (C=O) groups is 1. The molecule has 1 aromatic carbocycles. The van der Waals surface area contributed by atoms with Crippen LogP contribution in [0.4, 0.5) is 5.69 Å². The number of rotatable bonds is 2. The molecule has 0 spiro atoms. The van der Waals surface area contributed by atoms with Gasteiger partial charge >= 0.3 is 0 Å². The predicted octanol–water partition coefficient (Wildman–Crippen LogP) is 2.54. The van der Waals surface area contributed by atoms with Crippen molar-refractivity contribution < 1.29 is 9.53 Å². The molecule has 104 valence electrons. The van der Waals surface area contributed by atoms with Crippen LogP contribution in [0.5, 0.6) is 5.75 Å². The van der Waals surface area contributed by atoms with Gasteiger partial charge in [0.1, 0.15) is 5.75 Å². The zero-order valence-corrected chi connectivity index (χ0v) is 11.8. The van der Waals surface area contributed by atoms with Crippen molar-refractivity contribution in [3.05, 3.63) is 23.8 Å². The van der Waals surface area contributed by atoms with Crippen molar-refractivity contribution in [3.63, 3.8) is 0 Å². The van der Waals surface area contributed by atoms with Gasteiger partial charge in [-0.2, -0.15) is 0 Å². The lowest BCUT2D eigenvalue weighted by molar-refractivity contribution is 0.0589. The van der Waals surface area contributed by atoms with Crippen LogP contribution in [-0.2, 0) is 0 Å². The molecule has 2 N–H and O–H groups in total. The van der Waals surface area contributed by atoms with Gasteiger partial charge in [0.05, 0.1) is 18.4 Å². The Morgan fingerprint density at radius 2 is 2.16 bits per heavy atom. The van der Waals surface area contributed by atoms with Crippen molar-refractivity contribution in [2.45, 2.75) is 32.7 Å². The van der Waals surface area contributed by atoms with Crippen molar-refractivity contribution in [3.8, 4) is 5.75 Å². The number of ether oxygens (including phenoxy) is 1. The molecule has 1 amide bonds. The van der Waals surface area contributed by atoms with E-state index in [0.717, 1.165) is 19.4 Å². The molecule has 1 aliphatic heterocycles. The second-order valence-corrected chi connectivity index (χ2v) is 5.40. The summed E-state index contributed by atoms with van der Waals surface area (Å²) in [6.45, 7) is 5.14. The van der Waals surface area contributed by atoms with Crippen LogP contribution >= 0.6 is 0 Å². The predicted molar refractivity (Wildman–Crippen MR) is 76.3 cm³/mol. The van der Waals surface area contributed by atoms with Gasteiger partial charge in [0, 0.05) is 12.6 Å². The first kappa shape index (κ1) is 13.7. The number of nitrogens with zero attached hydrogens (tertiary/aromatic N) is 1. The molecule has 2 unspecified atom stereocenters. The third-order valence-corrected chi connectivity index (χ3v) is 3.92. The Balaban J connectivity index is 2.24. The Morgan fingerprint density at radius 1 is 1.42 bits per heavy atom. The molecule has 1 saturated heterocycles. The van der Waals surface area contributed by atoms with E-state index in [-0.39, 0.29) is 11.9 Å². The number of amides is 1. The van der Waals surface area contributed by atoms with Crippen LogP contribution in [0.25, 0.3) is 0 Å². The Kier molecular flexibility index (Phi) is 3.98. The number of anilines is 1. The second-order valence-electron chi connectivity index (χ2n) is 5.40. The van der Waals surface area contributed by atoms with Gasteiger partial charge in [-0.15, -0.1) is 0 Å². The smallest absolute Gasteiger partial charge is 0.256 e. The third kappa shape index (κ3) is 2.67. The highest BCUT2D eigenvalue weighted by atomic mass is 16.5. The minimum atomic E-state index is 0.0100. The fourth-order valence-electron chi connectivity index (χ4n) is 2.77. The minimum Gasteiger partial charge on any atom is -0.495 e. The van der Waals surface area contributed by atoms with Gasteiger partial charge < -0.3 is 15.4 Å². The lowest BCUT2D eigenvalue weighted by Crippen LogP contribution is -2.44. The van der Waals surface area contributed by atoms with E-state index in [4.69, 9.17) is 10.5 Å². The Hall–Kier alpha value is -1.71. The lowest BCUT2D eigenvalue weighted by atomic mass is 9.92. The van der Waals surface area contributed by atoms with E-state index < -0.39 is 0 Å². The van der Waals surface area contributed by atoms with E-state index in [1.165, 1.54) is 0 Å². The fraction of sp³-hybridized carbons (Fsp3) is 0.533. The summed E-state index contributed by atoms with van der Waals surface area (Å²) in [7, 11) is 1.56. The maximum atomic E-state index is 12.6. The van der Waals surface area contributed by atoms with Gasteiger partial charge in [-0.25, -0.2) is 0 Å². The number of methoxy groups -OCH3 is 1. The molecular weight excluding hydrogens is 240 g/mol. The van der Waals surface area contributed by atoms with Gasteiger partial charge in [-0.05, 0) is 37.8 Å². The highest BCUT2D eigenvalue weighted by Crippen LogP contribution is 2.29. The number of hydrogen-bond acceptors (Lipinski definition) is 3. The number of para-hydroxylation sites is 1. The molecule has 1 fully saturated rings. The summed E-state index contributed by atoms with van der Waals surface area (Å²) in [6, 6.07) is 5.61. The number of benzene rings is 1. The molecule has 2 rings (SSSR count). The molecule has 4 nitrogen and oxygen atoms in total.